The van der Waals surface area contributed by atoms with Crippen molar-refractivity contribution in [3.05, 3.63) is 46.8 Å². The largest absolute Gasteiger partial charge is 0.329 e. The number of carbonyl (C=O) groups is 1. The van der Waals surface area contributed by atoms with E-state index in [9.17, 15) is 23.3 Å². The number of nitrogens with one attached hydrogen (secondary N) is 2. The Hall–Kier alpha value is -2.54. The molecule has 13 heteroatoms. The van der Waals surface area contributed by atoms with E-state index in [2.05, 4.69) is 15.1 Å². The Labute approximate surface area is 161 Å². The first kappa shape index (κ1) is 22.5. The summed E-state index contributed by atoms with van der Waals surface area (Å²) in [4.78, 5) is 22.0. The van der Waals surface area contributed by atoms with Crippen molar-refractivity contribution in [1.29, 1.82) is 0 Å². The molecule has 1 heterocycles. The Balaban J connectivity index is 0.00000364. The van der Waals surface area contributed by atoms with Gasteiger partial charge in [-0.05, 0) is 18.2 Å². The van der Waals surface area contributed by atoms with Crippen LogP contribution in [-0.2, 0) is 21.4 Å². The number of halogens is 1. The number of hydrogen-bond acceptors (Lipinski definition) is 7. The van der Waals surface area contributed by atoms with Crippen molar-refractivity contribution in [1.82, 2.24) is 14.5 Å². The second kappa shape index (κ2) is 9.97. The van der Waals surface area contributed by atoms with Gasteiger partial charge in [0, 0.05) is 31.7 Å². The zero-order valence-corrected chi connectivity index (χ0v) is 15.7. The number of nitrogens with two attached hydrogens (primary N) is 1. The fourth-order valence-corrected chi connectivity index (χ4v) is 3.12. The number of rotatable bonds is 9. The van der Waals surface area contributed by atoms with Crippen molar-refractivity contribution in [3.63, 3.8) is 0 Å². The van der Waals surface area contributed by atoms with E-state index in [4.69, 9.17) is 5.73 Å². The third-order valence-corrected chi connectivity index (χ3v) is 4.72. The van der Waals surface area contributed by atoms with Gasteiger partial charge in [0.05, 0.1) is 9.82 Å². The molecule has 1 amide bonds. The third kappa shape index (κ3) is 6.60. The molecule has 0 saturated carbocycles. The number of aromatic nitrogens is 2. The summed E-state index contributed by atoms with van der Waals surface area (Å²) in [5, 5.41) is 17.0. The Morgan fingerprint density at radius 2 is 2.11 bits per heavy atom. The smallest absolute Gasteiger partial charge is 0.306 e. The summed E-state index contributed by atoms with van der Waals surface area (Å²) in [6, 6.07) is 5.79. The molecule has 11 nitrogen and oxygen atoms in total. The summed E-state index contributed by atoms with van der Waals surface area (Å²) >= 11 is 0. The van der Waals surface area contributed by atoms with Crippen LogP contribution in [0.5, 0.6) is 0 Å². The van der Waals surface area contributed by atoms with Crippen molar-refractivity contribution >= 4 is 39.7 Å². The maximum absolute atomic E-state index is 12.1. The Bertz CT molecular complexity index is 901. The van der Waals surface area contributed by atoms with Crippen LogP contribution in [0.2, 0.25) is 0 Å². The van der Waals surface area contributed by atoms with Gasteiger partial charge >= 0.3 is 5.69 Å². The highest BCUT2D eigenvalue weighted by molar-refractivity contribution is 7.89. The molecular formula is C14H19ClN6O5S. The van der Waals surface area contributed by atoms with E-state index in [1.54, 1.807) is 6.07 Å². The number of anilines is 1. The third-order valence-electron chi connectivity index (χ3n) is 3.26. The molecule has 0 radical (unpaired) electrons. The number of benzene rings is 1. The average Bonchev–Trinajstić information content (AvgIpc) is 3.08. The van der Waals surface area contributed by atoms with E-state index in [-0.39, 0.29) is 55.0 Å². The summed E-state index contributed by atoms with van der Waals surface area (Å²) in [6.45, 7) is 0.423. The predicted molar refractivity (Wildman–Crippen MR) is 100 cm³/mol. The van der Waals surface area contributed by atoms with Crippen LogP contribution < -0.4 is 15.8 Å². The SMILES string of the molecule is Cl.NCCNS(=O)(=O)c1cccc(NC(=O)CCn2cc([N+](=O)[O-])cn2)c1. The molecule has 1 aromatic heterocycles. The van der Waals surface area contributed by atoms with Gasteiger partial charge in [-0.25, -0.2) is 13.1 Å². The summed E-state index contributed by atoms with van der Waals surface area (Å²) in [5.41, 5.74) is 5.44. The van der Waals surface area contributed by atoms with E-state index in [1.807, 2.05) is 0 Å². The van der Waals surface area contributed by atoms with Crippen LogP contribution in [-0.4, -0.2) is 42.1 Å². The molecule has 27 heavy (non-hydrogen) atoms. The topological polar surface area (TPSA) is 162 Å². The zero-order chi connectivity index (χ0) is 19.2. The normalized spacial score (nSPS) is 10.9. The molecule has 0 saturated heterocycles. The number of carbonyl (C=O) groups excluding carboxylic acids is 1. The van der Waals surface area contributed by atoms with Crippen molar-refractivity contribution in [2.45, 2.75) is 17.9 Å². The van der Waals surface area contributed by atoms with Crippen LogP contribution >= 0.6 is 12.4 Å². The number of nitrogens with zero attached hydrogens (tertiary/aromatic N) is 3. The standard InChI is InChI=1S/C14H18N6O5S.ClH/c15-5-6-17-26(24,25)13-3-1-2-11(8-13)18-14(21)4-7-19-10-12(9-16-19)20(22)23;/h1-3,8-10,17H,4-7,15H2,(H,18,21);1H. The summed E-state index contributed by atoms with van der Waals surface area (Å²) in [7, 11) is -3.70. The highest BCUT2D eigenvalue weighted by Crippen LogP contribution is 2.15. The van der Waals surface area contributed by atoms with Crippen molar-refractivity contribution in [3.8, 4) is 0 Å². The van der Waals surface area contributed by atoms with Crippen LogP contribution in [0.25, 0.3) is 0 Å². The molecular weight excluding hydrogens is 400 g/mol. The molecule has 0 aliphatic heterocycles. The number of hydrogen-bond donors (Lipinski definition) is 3. The van der Waals surface area contributed by atoms with Gasteiger partial charge in [-0.2, -0.15) is 5.10 Å². The quantitative estimate of drug-likeness (QED) is 0.393. The molecule has 148 valence electrons. The van der Waals surface area contributed by atoms with E-state index in [0.717, 1.165) is 6.20 Å². The molecule has 0 unspecified atom stereocenters. The Kier molecular flexibility index (Phi) is 8.31. The minimum absolute atomic E-state index is 0. The van der Waals surface area contributed by atoms with Gasteiger partial charge in [-0.15, -0.1) is 12.4 Å². The highest BCUT2D eigenvalue weighted by atomic mass is 35.5. The number of sulfonamides is 1. The van der Waals surface area contributed by atoms with Gasteiger partial charge in [-0.1, -0.05) is 6.07 Å². The zero-order valence-electron chi connectivity index (χ0n) is 14.1. The summed E-state index contributed by atoms with van der Waals surface area (Å²) in [5.74, 6) is -0.382. The summed E-state index contributed by atoms with van der Waals surface area (Å²) in [6.07, 6.45) is 2.34. The fraction of sp³-hybridized carbons (Fsp3) is 0.286. The first-order chi connectivity index (χ1) is 12.3. The maximum atomic E-state index is 12.1. The lowest BCUT2D eigenvalue weighted by molar-refractivity contribution is -0.385. The van der Waals surface area contributed by atoms with Crippen molar-refractivity contribution in [2.24, 2.45) is 5.73 Å². The first-order valence-corrected chi connectivity index (χ1v) is 9.06. The molecule has 0 aliphatic rings. The second-order valence-corrected chi connectivity index (χ2v) is 7.00. The van der Waals surface area contributed by atoms with Gasteiger partial charge in [0.25, 0.3) is 0 Å². The molecule has 2 aromatic rings. The molecule has 4 N–H and O–H groups in total. The highest BCUT2D eigenvalue weighted by Gasteiger charge is 2.14. The lowest BCUT2D eigenvalue weighted by atomic mass is 10.3. The summed E-state index contributed by atoms with van der Waals surface area (Å²) < 4.78 is 27.7. The fourth-order valence-electron chi connectivity index (χ4n) is 2.03. The number of nitro groups is 1. The van der Waals surface area contributed by atoms with Crippen LogP contribution in [0.15, 0.2) is 41.6 Å². The molecule has 0 bridgehead atoms. The van der Waals surface area contributed by atoms with Crippen molar-refractivity contribution < 1.29 is 18.1 Å². The van der Waals surface area contributed by atoms with Crippen LogP contribution in [0.3, 0.4) is 0 Å². The van der Waals surface area contributed by atoms with E-state index < -0.39 is 14.9 Å². The average molecular weight is 419 g/mol. The predicted octanol–water partition coefficient (Wildman–Crippen LogP) is 0.479. The van der Waals surface area contributed by atoms with Crippen LogP contribution in [0.4, 0.5) is 11.4 Å². The van der Waals surface area contributed by atoms with Crippen molar-refractivity contribution in [2.75, 3.05) is 18.4 Å². The molecule has 0 fully saturated rings. The minimum atomic E-state index is -3.70. The first-order valence-electron chi connectivity index (χ1n) is 7.58. The maximum Gasteiger partial charge on any atom is 0.306 e. The molecule has 0 aliphatic carbocycles. The van der Waals surface area contributed by atoms with Gasteiger partial charge in [0.2, 0.25) is 15.9 Å². The van der Waals surface area contributed by atoms with Gasteiger partial charge in [-0.3, -0.25) is 19.6 Å². The lowest BCUT2D eigenvalue weighted by Gasteiger charge is -2.09. The monoisotopic (exact) mass is 418 g/mol. The second-order valence-electron chi connectivity index (χ2n) is 5.23. The lowest BCUT2D eigenvalue weighted by Crippen LogP contribution is -2.29. The number of amides is 1. The molecule has 2 rings (SSSR count). The van der Waals surface area contributed by atoms with E-state index >= 15 is 0 Å². The molecule has 1 aromatic carbocycles. The Morgan fingerprint density at radius 3 is 2.74 bits per heavy atom. The van der Waals surface area contributed by atoms with Gasteiger partial charge in [0.1, 0.15) is 12.4 Å². The molecule has 0 spiro atoms. The Morgan fingerprint density at radius 1 is 1.37 bits per heavy atom. The van der Waals surface area contributed by atoms with Crippen LogP contribution in [0.1, 0.15) is 6.42 Å². The van der Waals surface area contributed by atoms with E-state index in [0.29, 0.717) is 5.69 Å². The van der Waals surface area contributed by atoms with E-state index in [1.165, 1.54) is 29.1 Å². The molecule has 0 atom stereocenters. The van der Waals surface area contributed by atoms with Crippen LogP contribution in [0, 0.1) is 10.1 Å². The van der Waals surface area contributed by atoms with Gasteiger partial charge in [0.15, 0.2) is 0 Å². The number of aryl methyl sites for hydroxylation is 1. The van der Waals surface area contributed by atoms with Gasteiger partial charge < -0.3 is 11.1 Å². The minimum Gasteiger partial charge on any atom is -0.329 e.